The molecule has 3 heterocycles. The third kappa shape index (κ3) is 5.52. The summed E-state index contributed by atoms with van der Waals surface area (Å²) < 4.78 is 19.9. The summed E-state index contributed by atoms with van der Waals surface area (Å²) in [7, 11) is 1.54. The minimum atomic E-state index is -0.928. The molecule has 4 aromatic rings. The average Bonchev–Trinajstić information content (AvgIpc) is 3.49. The molecule has 0 N–H and O–H groups in total. The summed E-state index contributed by atoms with van der Waals surface area (Å²) in [6, 6.07) is 17.9. The Morgan fingerprint density at radius 2 is 1.76 bits per heavy atom. The van der Waals surface area contributed by atoms with Crippen LogP contribution >= 0.6 is 43.2 Å². The van der Waals surface area contributed by atoms with Crippen LogP contribution in [-0.4, -0.2) is 36.8 Å². The lowest BCUT2D eigenvalue weighted by Gasteiger charge is -2.26. The number of nitrogens with zero attached hydrogens (tertiary/aromatic N) is 3. The van der Waals surface area contributed by atoms with Gasteiger partial charge in [0.2, 0.25) is 0 Å². The Bertz CT molecular complexity index is 2110. The van der Waals surface area contributed by atoms with Gasteiger partial charge in [0.05, 0.1) is 55.4 Å². The number of rotatable bonds is 8. The number of amides is 1. The highest BCUT2D eigenvalue weighted by molar-refractivity contribution is 9.10. The fourth-order valence-electron chi connectivity index (χ4n) is 5.77. The van der Waals surface area contributed by atoms with Gasteiger partial charge in [0.15, 0.2) is 16.3 Å². The van der Waals surface area contributed by atoms with Crippen molar-refractivity contribution < 1.29 is 23.8 Å². The molecule has 2 aliphatic heterocycles. The summed E-state index contributed by atoms with van der Waals surface area (Å²) >= 11 is 8.32. The van der Waals surface area contributed by atoms with Gasteiger partial charge in [0.1, 0.15) is 4.53 Å². The minimum absolute atomic E-state index is 0.141. The van der Waals surface area contributed by atoms with Crippen molar-refractivity contribution in [2.45, 2.75) is 33.4 Å². The van der Waals surface area contributed by atoms with Crippen molar-refractivity contribution in [2.24, 2.45) is 4.99 Å². The van der Waals surface area contributed by atoms with Gasteiger partial charge in [0.25, 0.3) is 11.5 Å². The lowest BCUT2D eigenvalue weighted by molar-refractivity contribution is -0.139. The normalized spacial score (nSPS) is 16.6. The first kappa shape index (κ1) is 32.0. The van der Waals surface area contributed by atoms with E-state index in [1.807, 2.05) is 55.5 Å². The van der Waals surface area contributed by atoms with Gasteiger partial charge in [-0.15, -0.1) is 0 Å². The number of esters is 1. The number of hydrogen-bond donors (Lipinski definition) is 0. The molecular weight excluding hydrogens is 738 g/mol. The molecule has 0 saturated heterocycles. The molecule has 0 unspecified atom stereocenters. The molecule has 1 atom stereocenters. The number of ether oxygens (including phenoxy) is 3. The predicted octanol–water partition coefficient (Wildman–Crippen LogP) is 5.65. The molecule has 6 rings (SSSR count). The molecule has 0 spiro atoms. The Kier molecular flexibility index (Phi) is 9.04. The Morgan fingerprint density at radius 1 is 1.00 bits per heavy atom. The monoisotopic (exact) mass is 765 g/mol. The third-order valence-electron chi connectivity index (χ3n) is 7.76. The molecule has 0 bridgehead atoms. The van der Waals surface area contributed by atoms with Gasteiger partial charge in [0, 0.05) is 14.5 Å². The Balaban J connectivity index is 1.62. The van der Waals surface area contributed by atoms with Gasteiger partial charge < -0.3 is 19.1 Å². The summed E-state index contributed by atoms with van der Waals surface area (Å²) in [5.74, 6) is 0.0621. The highest BCUT2D eigenvalue weighted by Crippen LogP contribution is 2.42. The second-order valence-electron chi connectivity index (χ2n) is 10.5. The third-order valence-corrected chi connectivity index (χ3v) is 9.99. The van der Waals surface area contributed by atoms with E-state index in [4.69, 9.17) is 19.2 Å². The van der Waals surface area contributed by atoms with Crippen LogP contribution < -0.4 is 29.3 Å². The second kappa shape index (κ2) is 13.0. The Morgan fingerprint density at radius 3 is 2.46 bits per heavy atom. The standard InChI is InChI=1S/C34H29Br2N3O6S/c1-5-44-26-15-21(23(36)16-25(26)43-4)29-27(33(42)45-6-2)18(3)37-34-39(29)32(41)30(46-34)28-22-14-20(35)12-13-24(22)38(31(28)40)17-19-10-8-7-9-11-19/h7-16,29H,5-6,17H2,1-4H3/b30-28-/t29-/m0/s1. The fraction of sp³-hybridized carbons (Fsp3) is 0.235. The van der Waals surface area contributed by atoms with E-state index in [2.05, 4.69) is 31.9 Å². The quantitative estimate of drug-likeness (QED) is 0.215. The van der Waals surface area contributed by atoms with Crippen molar-refractivity contribution in [3.05, 3.63) is 117 Å². The SMILES string of the molecule is CCOC(=O)C1=C(C)N=c2s/c(=C3\C(=O)N(Cc4ccccc4)c4ccc(Br)cc43)c(=O)n2[C@H]1c1cc(OCC)c(OC)cc1Br. The van der Waals surface area contributed by atoms with Gasteiger partial charge in [-0.3, -0.25) is 14.2 Å². The maximum atomic E-state index is 14.6. The van der Waals surface area contributed by atoms with Crippen LogP contribution in [0.5, 0.6) is 11.5 Å². The Labute approximate surface area is 285 Å². The number of carbonyl (C=O) groups excluding carboxylic acids is 2. The van der Waals surface area contributed by atoms with Crippen LogP contribution in [0.3, 0.4) is 0 Å². The molecule has 1 aromatic heterocycles. The second-order valence-corrected chi connectivity index (χ2v) is 13.2. The van der Waals surface area contributed by atoms with E-state index in [0.717, 1.165) is 21.4 Å². The molecule has 236 valence electrons. The fourth-order valence-corrected chi connectivity index (χ4v) is 7.81. The molecule has 0 radical (unpaired) electrons. The summed E-state index contributed by atoms with van der Waals surface area (Å²) in [6.45, 7) is 6.15. The van der Waals surface area contributed by atoms with Gasteiger partial charge in [-0.25, -0.2) is 9.79 Å². The average molecular weight is 767 g/mol. The van der Waals surface area contributed by atoms with E-state index in [1.54, 1.807) is 38.0 Å². The van der Waals surface area contributed by atoms with E-state index in [0.29, 0.717) is 56.4 Å². The van der Waals surface area contributed by atoms with Crippen LogP contribution in [0.25, 0.3) is 5.57 Å². The van der Waals surface area contributed by atoms with Crippen molar-refractivity contribution in [3.8, 4) is 11.5 Å². The largest absolute Gasteiger partial charge is 0.493 e. The van der Waals surface area contributed by atoms with Crippen LogP contribution in [-0.2, 0) is 20.9 Å². The zero-order chi connectivity index (χ0) is 32.7. The molecule has 3 aromatic carbocycles. The number of allylic oxidation sites excluding steroid dienone is 1. The van der Waals surface area contributed by atoms with Crippen molar-refractivity contribution in [2.75, 3.05) is 25.2 Å². The van der Waals surface area contributed by atoms with Crippen molar-refractivity contribution in [1.82, 2.24) is 4.57 Å². The summed E-state index contributed by atoms with van der Waals surface area (Å²) in [4.78, 5) is 49.1. The molecule has 0 aliphatic carbocycles. The number of halogens is 2. The van der Waals surface area contributed by atoms with Crippen molar-refractivity contribution in [3.63, 3.8) is 0 Å². The van der Waals surface area contributed by atoms with E-state index < -0.39 is 17.6 Å². The zero-order valence-electron chi connectivity index (χ0n) is 25.4. The minimum Gasteiger partial charge on any atom is -0.493 e. The smallest absolute Gasteiger partial charge is 0.338 e. The number of hydrogen-bond acceptors (Lipinski definition) is 8. The molecule has 46 heavy (non-hydrogen) atoms. The summed E-state index contributed by atoms with van der Waals surface area (Å²) in [5.41, 5.74) is 3.35. The maximum absolute atomic E-state index is 14.6. The molecule has 2 aliphatic rings. The summed E-state index contributed by atoms with van der Waals surface area (Å²) in [5, 5.41) is 0. The topological polar surface area (TPSA) is 99.4 Å². The number of anilines is 1. The predicted molar refractivity (Wildman–Crippen MR) is 183 cm³/mol. The zero-order valence-corrected chi connectivity index (χ0v) is 29.4. The summed E-state index contributed by atoms with van der Waals surface area (Å²) in [6.07, 6.45) is 0. The first-order chi connectivity index (χ1) is 22.2. The van der Waals surface area contributed by atoms with Crippen molar-refractivity contribution >= 4 is 66.3 Å². The number of fused-ring (bicyclic) bond motifs is 2. The number of methoxy groups -OCH3 is 1. The van der Waals surface area contributed by atoms with Gasteiger partial charge >= 0.3 is 5.97 Å². The molecule has 9 nitrogen and oxygen atoms in total. The molecule has 0 fully saturated rings. The van der Waals surface area contributed by atoms with Crippen LogP contribution in [0, 0.1) is 0 Å². The van der Waals surface area contributed by atoms with Crippen LogP contribution in [0.2, 0.25) is 0 Å². The number of thiazole rings is 1. The lowest BCUT2D eigenvalue weighted by Crippen LogP contribution is -2.41. The van der Waals surface area contributed by atoms with Crippen LogP contribution in [0.15, 0.2) is 90.7 Å². The van der Waals surface area contributed by atoms with E-state index in [9.17, 15) is 14.4 Å². The molecule has 0 saturated carbocycles. The lowest BCUT2D eigenvalue weighted by atomic mass is 9.95. The first-order valence-corrected chi connectivity index (χ1v) is 17.0. The highest BCUT2D eigenvalue weighted by Gasteiger charge is 2.38. The van der Waals surface area contributed by atoms with Gasteiger partial charge in [-0.1, -0.05) is 73.5 Å². The van der Waals surface area contributed by atoms with Crippen LogP contribution in [0.4, 0.5) is 5.69 Å². The van der Waals surface area contributed by atoms with E-state index in [1.165, 1.54) is 4.57 Å². The Hall–Kier alpha value is -4.00. The highest BCUT2D eigenvalue weighted by atomic mass is 79.9. The van der Waals surface area contributed by atoms with E-state index in [-0.39, 0.29) is 28.2 Å². The maximum Gasteiger partial charge on any atom is 0.338 e. The van der Waals surface area contributed by atoms with Gasteiger partial charge in [-0.2, -0.15) is 0 Å². The number of carbonyl (C=O) groups is 2. The van der Waals surface area contributed by atoms with E-state index >= 15 is 0 Å². The molecule has 12 heteroatoms. The van der Waals surface area contributed by atoms with Crippen LogP contribution in [0.1, 0.15) is 43.5 Å². The first-order valence-electron chi connectivity index (χ1n) is 14.6. The number of aromatic nitrogens is 1. The van der Waals surface area contributed by atoms with Gasteiger partial charge in [-0.05, 0) is 62.2 Å². The molecular formula is C34H29Br2N3O6S. The number of benzene rings is 3. The van der Waals surface area contributed by atoms with Crippen molar-refractivity contribution in [1.29, 1.82) is 0 Å². The molecule has 1 amide bonds.